The summed E-state index contributed by atoms with van der Waals surface area (Å²) in [6.07, 6.45) is 3.42. The van der Waals surface area contributed by atoms with Gasteiger partial charge in [0.15, 0.2) is 0 Å². The van der Waals surface area contributed by atoms with E-state index in [4.69, 9.17) is 5.73 Å². The Bertz CT molecular complexity index is 776. The van der Waals surface area contributed by atoms with Gasteiger partial charge in [-0.15, -0.1) is 11.3 Å². The summed E-state index contributed by atoms with van der Waals surface area (Å²) in [5.74, 6) is -0.595. The molecule has 4 heterocycles. The highest BCUT2D eigenvalue weighted by atomic mass is 32.1. The quantitative estimate of drug-likeness (QED) is 0.820. The SMILES string of the molecule is NC(=O)[C@@H]1c2sc(-c3cccnc3)cc2[C@@H]2CN1C(=O)N2O. The molecule has 7 nitrogen and oxygen atoms in total. The molecule has 2 bridgehead atoms. The van der Waals surface area contributed by atoms with E-state index >= 15 is 0 Å². The van der Waals surface area contributed by atoms with Crippen LogP contribution in [0.5, 0.6) is 0 Å². The van der Waals surface area contributed by atoms with Gasteiger partial charge in [0.25, 0.3) is 0 Å². The van der Waals surface area contributed by atoms with Crippen molar-refractivity contribution in [3.8, 4) is 10.4 Å². The summed E-state index contributed by atoms with van der Waals surface area (Å²) in [6.45, 7) is 0.263. The topological polar surface area (TPSA) is 99.8 Å². The molecule has 0 spiro atoms. The van der Waals surface area contributed by atoms with E-state index in [0.29, 0.717) is 9.94 Å². The molecule has 3 N–H and O–H groups in total. The second-order valence-electron chi connectivity index (χ2n) is 5.27. The summed E-state index contributed by atoms with van der Waals surface area (Å²) in [6, 6.07) is 3.78. The van der Waals surface area contributed by atoms with Crippen LogP contribution in [0.25, 0.3) is 10.4 Å². The Morgan fingerprint density at radius 3 is 3.00 bits per heavy atom. The number of hydrogen-bond donors (Lipinski definition) is 2. The van der Waals surface area contributed by atoms with Crippen LogP contribution in [-0.2, 0) is 4.79 Å². The third-order valence-corrected chi connectivity index (χ3v) is 5.28. The van der Waals surface area contributed by atoms with E-state index in [1.54, 1.807) is 12.4 Å². The molecular formula is C14H12N4O3S. The number of thiophene rings is 1. The van der Waals surface area contributed by atoms with E-state index in [0.717, 1.165) is 16.0 Å². The van der Waals surface area contributed by atoms with Crippen LogP contribution in [0.1, 0.15) is 22.5 Å². The molecule has 0 saturated carbocycles. The van der Waals surface area contributed by atoms with Crippen molar-refractivity contribution in [2.75, 3.05) is 6.54 Å². The van der Waals surface area contributed by atoms with E-state index in [1.165, 1.54) is 16.2 Å². The molecule has 2 aliphatic heterocycles. The van der Waals surface area contributed by atoms with Gasteiger partial charge in [-0.05, 0) is 17.7 Å². The highest BCUT2D eigenvalue weighted by Gasteiger charge is 2.50. The van der Waals surface area contributed by atoms with Crippen molar-refractivity contribution >= 4 is 23.3 Å². The van der Waals surface area contributed by atoms with Crippen molar-refractivity contribution in [2.45, 2.75) is 12.1 Å². The fraction of sp³-hybridized carbons (Fsp3) is 0.214. The number of fused-ring (bicyclic) bond motifs is 4. The number of nitrogens with two attached hydrogens (primary N) is 1. The third kappa shape index (κ3) is 1.68. The molecule has 2 aromatic heterocycles. The van der Waals surface area contributed by atoms with E-state index in [2.05, 4.69) is 4.98 Å². The average Bonchev–Trinajstić information content (AvgIpc) is 3.06. The van der Waals surface area contributed by atoms with Crippen molar-refractivity contribution < 1.29 is 14.8 Å². The fourth-order valence-electron chi connectivity index (χ4n) is 3.02. The number of nitrogens with zero attached hydrogens (tertiary/aromatic N) is 3. The summed E-state index contributed by atoms with van der Waals surface area (Å²) in [5, 5.41) is 10.7. The van der Waals surface area contributed by atoms with Gasteiger partial charge in [0, 0.05) is 27.7 Å². The van der Waals surface area contributed by atoms with Crippen LogP contribution in [0.2, 0.25) is 0 Å². The lowest BCUT2D eigenvalue weighted by molar-refractivity contribution is -0.122. The third-order valence-electron chi connectivity index (χ3n) is 4.03. The lowest BCUT2D eigenvalue weighted by Gasteiger charge is -2.27. The van der Waals surface area contributed by atoms with Gasteiger partial charge in [-0.2, -0.15) is 5.06 Å². The largest absolute Gasteiger partial charge is 0.368 e. The van der Waals surface area contributed by atoms with Gasteiger partial charge in [-0.1, -0.05) is 6.07 Å². The summed E-state index contributed by atoms with van der Waals surface area (Å²) in [4.78, 5) is 30.9. The van der Waals surface area contributed by atoms with Crippen molar-refractivity contribution in [1.29, 1.82) is 0 Å². The molecule has 8 heteroatoms. The number of hydroxylamine groups is 2. The van der Waals surface area contributed by atoms with Crippen molar-refractivity contribution in [2.24, 2.45) is 5.73 Å². The molecule has 0 radical (unpaired) electrons. The van der Waals surface area contributed by atoms with Crippen molar-refractivity contribution in [1.82, 2.24) is 14.9 Å². The maximum absolute atomic E-state index is 12.0. The Hall–Kier alpha value is -2.45. The fourth-order valence-corrected chi connectivity index (χ4v) is 4.35. The van der Waals surface area contributed by atoms with Crippen LogP contribution in [-0.4, -0.2) is 38.6 Å². The molecule has 3 amide bonds. The number of primary amides is 1. The smallest absolute Gasteiger partial charge is 0.345 e. The van der Waals surface area contributed by atoms with Gasteiger partial charge >= 0.3 is 6.03 Å². The van der Waals surface area contributed by atoms with Crippen LogP contribution >= 0.6 is 11.3 Å². The van der Waals surface area contributed by atoms with E-state index in [9.17, 15) is 14.8 Å². The summed E-state index contributed by atoms with van der Waals surface area (Å²) in [7, 11) is 0. The van der Waals surface area contributed by atoms with Crippen LogP contribution in [0.4, 0.5) is 4.79 Å². The number of pyridine rings is 1. The van der Waals surface area contributed by atoms with Gasteiger partial charge in [-0.25, -0.2) is 4.79 Å². The number of urea groups is 1. The predicted octanol–water partition coefficient (Wildman–Crippen LogP) is 1.52. The van der Waals surface area contributed by atoms with Gasteiger partial charge in [0.1, 0.15) is 12.1 Å². The summed E-state index contributed by atoms with van der Waals surface area (Å²) >= 11 is 1.40. The standard InChI is InChI=1S/C14H12N4O3S/c15-13(19)11-12-8(9-6-17(11)14(20)18(9)21)4-10(22-12)7-2-1-3-16-5-7/h1-5,9,11,21H,6H2,(H2,15,19)/t9-,11-/m0/s1. The minimum absolute atomic E-state index is 0.263. The predicted molar refractivity (Wildman–Crippen MR) is 78.0 cm³/mol. The normalized spacial score (nSPS) is 22.9. The summed E-state index contributed by atoms with van der Waals surface area (Å²) < 4.78 is 0. The number of carbonyl (C=O) groups excluding carboxylic acids is 2. The second-order valence-corrected chi connectivity index (χ2v) is 6.36. The van der Waals surface area contributed by atoms with Crippen molar-refractivity contribution in [3.05, 3.63) is 41.0 Å². The Kier molecular flexibility index (Phi) is 2.72. The van der Waals surface area contributed by atoms with Gasteiger partial charge in [0.2, 0.25) is 5.91 Å². The molecule has 112 valence electrons. The molecule has 1 fully saturated rings. The molecule has 0 aromatic carbocycles. The second kappa shape index (κ2) is 4.52. The molecule has 0 aliphatic carbocycles. The van der Waals surface area contributed by atoms with Gasteiger partial charge in [-0.3, -0.25) is 15.0 Å². The summed E-state index contributed by atoms with van der Waals surface area (Å²) in [5.41, 5.74) is 7.18. The molecule has 2 aliphatic rings. The average molecular weight is 316 g/mol. The van der Waals surface area contributed by atoms with Gasteiger partial charge < -0.3 is 10.6 Å². The van der Waals surface area contributed by atoms with E-state index in [-0.39, 0.29) is 6.54 Å². The monoisotopic (exact) mass is 316 g/mol. The van der Waals surface area contributed by atoms with Crippen molar-refractivity contribution in [3.63, 3.8) is 0 Å². The number of aromatic nitrogens is 1. The zero-order chi connectivity index (χ0) is 15.4. The van der Waals surface area contributed by atoms with Crippen LogP contribution < -0.4 is 5.73 Å². The lowest BCUT2D eigenvalue weighted by atomic mass is 9.98. The Morgan fingerprint density at radius 2 is 2.32 bits per heavy atom. The first-order chi connectivity index (χ1) is 10.6. The zero-order valence-electron chi connectivity index (χ0n) is 11.3. The first kappa shape index (κ1) is 13.2. The first-order valence-electron chi connectivity index (χ1n) is 6.70. The Morgan fingerprint density at radius 1 is 1.50 bits per heavy atom. The molecule has 2 atom stereocenters. The maximum atomic E-state index is 12.0. The number of hydrogen-bond acceptors (Lipinski definition) is 5. The van der Waals surface area contributed by atoms with Gasteiger partial charge in [0.05, 0.1) is 6.54 Å². The molecular weight excluding hydrogens is 304 g/mol. The van der Waals surface area contributed by atoms with Crippen LogP contribution in [0.3, 0.4) is 0 Å². The van der Waals surface area contributed by atoms with E-state index < -0.39 is 24.0 Å². The number of rotatable bonds is 2. The Labute approximate surface area is 129 Å². The molecule has 4 rings (SSSR count). The molecule has 0 unspecified atom stereocenters. The first-order valence-corrected chi connectivity index (χ1v) is 7.51. The van der Waals surface area contributed by atoms with E-state index in [1.807, 2.05) is 18.2 Å². The highest BCUT2D eigenvalue weighted by Crippen LogP contribution is 2.48. The number of carbonyl (C=O) groups is 2. The molecule has 2 aromatic rings. The minimum Gasteiger partial charge on any atom is -0.368 e. The lowest BCUT2D eigenvalue weighted by Crippen LogP contribution is -2.40. The molecule has 1 saturated heterocycles. The number of amides is 3. The van der Waals surface area contributed by atoms with Crippen LogP contribution in [0, 0.1) is 0 Å². The molecule has 22 heavy (non-hydrogen) atoms. The minimum atomic E-state index is -0.827. The van der Waals surface area contributed by atoms with Crippen LogP contribution in [0.15, 0.2) is 30.6 Å². The maximum Gasteiger partial charge on any atom is 0.345 e. The Balaban J connectivity index is 1.87. The zero-order valence-corrected chi connectivity index (χ0v) is 12.2. The highest BCUT2D eigenvalue weighted by molar-refractivity contribution is 7.15.